The maximum atomic E-state index is 10.2. The molecule has 0 aliphatic carbocycles. The number of aliphatic hydroxyl groups excluding tert-OH is 2. The van der Waals surface area contributed by atoms with Crippen molar-refractivity contribution in [3.05, 3.63) is 23.8 Å². The van der Waals surface area contributed by atoms with Gasteiger partial charge in [-0.2, -0.15) is 0 Å². The van der Waals surface area contributed by atoms with Crippen molar-refractivity contribution in [1.82, 2.24) is 5.32 Å². The Labute approximate surface area is 114 Å². The van der Waals surface area contributed by atoms with Gasteiger partial charge in [-0.05, 0) is 26.0 Å². The van der Waals surface area contributed by atoms with E-state index >= 15 is 0 Å². The van der Waals surface area contributed by atoms with Gasteiger partial charge in [-0.1, -0.05) is 0 Å². The number of benzene rings is 1. The van der Waals surface area contributed by atoms with Crippen LogP contribution in [-0.2, 0) is 0 Å². The molecule has 1 aromatic carbocycles. The SMILES string of the molecule is COc1ccc(C(O)CNC(C)(C)CO)c(OC)c1. The fourth-order valence-electron chi connectivity index (χ4n) is 1.63. The molecular weight excluding hydrogens is 246 g/mol. The molecule has 1 unspecified atom stereocenters. The van der Waals surface area contributed by atoms with E-state index < -0.39 is 11.6 Å². The van der Waals surface area contributed by atoms with Gasteiger partial charge in [0.25, 0.3) is 0 Å². The molecule has 1 atom stereocenters. The average molecular weight is 269 g/mol. The molecule has 1 aromatic rings. The van der Waals surface area contributed by atoms with E-state index in [9.17, 15) is 5.11 Å². The summed E-state index contributed by atoms with van der Waals surface area (Å²) in [6.07, 6.45) is -0.716. The highest BCUT2D eigenvalue weighted by molar-refractivity contribution is 5.42. The zero-order chi connectivity index (χ0) is 14.5. The van der Waals surface area contributed by atoms with Crippen molar-refractivity contribution < 1.29 is 19.7 Å². The topological polar surface area (TPSA) is 71.0 Å². The van der Waals surface area contributed by atoms with Gasteiger partial charge in [0.15, 0.2) is 0 Å². The molecule has 0 aliphatic rings. The van der Waals surface area contributed by atoms with Crippen LogP contribution in [0.5, 0.6) is 11.5 Å². The van der Waals surface area contributed by atoms with Crippen molar-refractivity contribution in [2.45, 2.75) is 25.5 Å². The first-order valence-electron chi connectivity index (χ1n) is 6.19. The molecule has 0 bridgehead atoms. The van der Waals surface area contributed by atoms with Gasteiger partial charge in [0.05, 0.1) is 26.9 Å². The third-order valence-corrected chi connectivity index (χ3v) is 2.97. The fraction of sp³-hybridized carbons (Fsp3) is 0.571. The number of ether oxygens (including phenoxy) is 2. The number of methoxy groups -OCH3 is 2. The average Bonchev–Trinajstić information content (AvgIpc) is 2.44. The molecule has 108 valence electrons. The molecular formula is C14H23NO4. The van der Waals surface area contributed by atoms with Crippen LogP contribution in [0.4, 0.5) is 0 Å². The first-order chi connectivity index (χ1) is 8.93. The Kier molecular flexibility index (Phi) is 5.60. The molecule has 0 spiro atoms. The van der Waals surface area contributed by atoms with E-state index in [1.54, 1.807) is 32.4 Å². The number of nitrogens with one attached hydrogen (secondary N) is 1. The molecule has 0 saturated heterocycles. The van der Waals surface area contributed by atoms with Gasteiger partial charge in [-0.3, -0.25) is 0 Å². The summed E-state index contributed by atoms with van der Waals surface area (Å²) in [4.78, 5) is 0. The number of hydrogen-bond acceptors (Lipinski definition) is 5. The smallest absolute Gasteiger partial charge is 0.128 e. The number of rotatable bonds is 7. The summed E-state index contributed by atoms with van der Waals surface area (Å²) in [6.45, 7) is 4.06. The Morgan fingerprint density at radius 1 is 1.26 bits per heavy atom. The molecule has 0 radical (unpaired) electrons. The van der Waals surface area contributed by atoms with E-state index in [1.165, 1.54) is 0 Å². The van der Waals surface area contributed by atoms with Crippen LogP contribution in [0.15, 0.2) is 18.2 Å². The zero-order valence-corrected chi connectivity index (χ0v) is 11.9. The first kappa shape index (κ1) is 15.8. The van der Waals surface area contributed by atoms with E-state index in [2.05, 4.69) is 5.32 Å². The number of aliphatic hydroxyl groups is 2. The molecule has 0 aliphatic heterocycles. The lowest BCUT2D eigenvalue weighted by Crippen LogP contribution is -2.44. The Morgan fingerprint density at radius 2 is 1.95 bits per heavy atom. The lowest BCUT2D eigenvalue weighted by Gasteiger charge is -2.26. The summed E-state index contributed by atoms with van der Waals surface area (Å²) in [7, 11) is 3.13. The highest BCUT2D eigenvalue weighted by atomic mass is 16.5. The van der Waals surface area contributed by atoms with Crippen molar-refractivity contribution in [3.63, 3.8) is 0 Å². The van der Waals surface area contributed by atoms with Crippen molar-refractivity contribution in [2.24, 2.45) is 0 Å². The van der Waals surface area contributed by atoms with Crippen LogP contribution in [0.1, 0.15) is 25.5 Å². The third kappa shape index (κ3) is 4.38. The molecule has 0 amide bonds. The van der Waals surface area contributed by atoms with Crippen molar-refractivity contribution in [1.29, 1.82) is 0 Å². The summed E-state index contributed by atoms with van der Waals surface area (Å²) < 4.78 is 10.4. The predicted octanol–water partition coefficient (Wildman–Crippen LogP) is 1.10. The molecule has 3 N–H and O–H groups in total. The van der Waals surface area contributed by atoms with Crippen LogP contribution in [0.2, 0.25) is 0 Å². The predicted molar refractivity (Wildman–Crippen MR) is 73.7 cm³/mol. The van der Waals surface area contributed by atoms with Crippen LogP contribution >= 0.6 is 0 Å². The number of β-amino-alcohol motifs (C(OH)–C–C–N with tert-alkyl or cyclic N) is 1. The quantitative estimate of drug-likeness (QED) is 0.691. The first-order valence-corrected chi connectivity index (χ1v) is 6.19. The summed E-state index contributed by atoms with van der Waals surface area (Å²) >= 11 is 0. The standard InChI is InChI=1S/C14H23NO4/c1-14(2,9-16)15-8-12(17)11-6-5-10(18-3)7-13(11)19-4/h5-7,12,15-17H,8-9H2,1-4H3. The Hall–Kier alpha value is -1.30. The van der Waals surface area contributed by atoms with Crippen molar-refractivity contribution in [3.8, 4) is 11.5 Å². The molecule has 5 nitrogen and oxygen atoms in total. The van der Waals surface area contributed by atoms with Crippen LogP contribution < -0.4 is 14.8 Å². The van der Waals surface area contributed by atoms with Gasteiger partial charge in [0, 0.05) is 23.7 Å². The minimum absolute atomic E-state index is 0.000528. The van der Waals surface area contributed by atoms with Crippen LogP contribution in [0, 0.1) is 0 Å². The Bertz CT molecular complexity index is 406. The molecule has 19 heavy (non-hydrogen) atoms. The lowest BCUT2D eigenvalue weighted by atomic mass is 10.0. The minimum atomic E-state index is -0.716. The summed E-state index contributed by atoms with van der Waals surface area (Å²) in [6, 6.07) is 5.28. The van der Waals surface area contributed by atoms with E-state index in [0.717, 1.165) is 0 Å². The van der Waals surface area contributed by atoms with E-state index in [4.69, 9.17) is 14.6 Å². The van der Waals surface area contributed by atoms with E-state index in [1.807, 2.05) is 13.8 Å². The van der Waals surface area contributed by atoms with Crippen molar-refractivity contribution in [2.75, 3.05) is 27.4 Å². The maximum Gasteiger partial charge on any atom is 0.128 e. The van der Waals surface area contributed by atoms with Crippen LogP contribution in [-0.4, -0.2) is 43.1 Å². The second-order valence-electron chi connectivity index (χ2n) is 5.05. The minimum Gasteiger partial charge on any atom is -0.497 e. The molecule has 0 aromatic heterocycles. The fourth-order valence-corrected chi connectivity index (χ4v) is 1.63. The van der Waals surface area contributed by atoms with Crippen molar-refractivity contribution >= 4 is 0 Å². The highest BCUT2D eigenvalue weighted by Gasteiger charge is 2.20. The zero-order valence-electron chi connectivity index (χ0n) is 11.9. The van der Waals surface area contributed by atoms with Gasteiger partial charge in [0.2, 0.25) is 0 Å². The van der Waals surface area contributed by atoms with Gasteiger partial charge < -0.3 is 25.0 Å². The Balaban J connectivity index is 2.79. The molecule has 5 heteroatoms. The lowest BCUT2D eigenvalue weighted by molar-refractivity contribution is 0.134. The third-order valence-electron chi connectivity index (χ3n) is 2.97. The molecule has 0 saturated carbocycles. The second-order valence-corrected chi connectivity index (χ2v) is 5.05. The summed E-state index contributed by atoms with van der Waals surface area (Å²) in [5.74, 6) is 1.26. The van der Waals surface area contributed by atoms with Gasteiger partial charge in [-0.15, -0.1) is 0 Å². The monoisotopic (exact) mass is 269 g/mol. The maximum absolute atomic E-state index is 10.2. The number of hydrogen-bond donors (Lipinski definition) is 3. The van der Waals surface area contributed by atoms with Crippen LogP contribution in [0.25, 0.3) is 0 Å². The highest BCUT2D eigenvalue weighted by Crippen LogP contribution is 2.29. The Morgan fingerprint density at radius 3 is 2.47 bits per heavy atom. The molecule has 0 fully saturated rings. The van der Waals surface area contributed by atoms with Crippen LogP contribution in [0.3, 0.4) is 0 Å². The summed E-state index contributed by atoms with van der Waals surface area (Å²) in [5.41, 5.74) is 0.255. The van der Waals surface area contributed by atoms with Gasteiger partial charge in [-0.25, -0.2) is 0 Å². The molecule has 1 rings (SSSR count). The molecule has 0 heterocycles. The second kappa shape index (κ2) is 6.75. The summed E-state index contributed by atoms with van der Waals surface area (Å²) in [5, 5.41) is 22.5. The largest absolute Gasteiger partial charge is 0.497 e. The van der Waals surface area contributed by atoms with E-state index in [0.29, 0.717) is 23.6 Å². The van der Waals surface area contributed by atoms with E-state index in [-0.39, 0.29) is 6.61 Å². The van der Waals surface area contributed by atoms with Gasteiger partial charge >= 0.3 is 0 Å². The van der Waals surface area contributed by atoms with Gasteiger partial charge in [0.1, 0.15) is 11.5 Å². The normalized spacial score (nSPS) is 13.2.